The molecule has 0 radical (unpaired) electrons. The average molecular weight is 402 g/mol. The lowest BCUT2D eigenvalue weighted by Gasteiger charge is -2.41. The molecule has 4 amide bonds. The summed E-state index contributed by atoms with van der Waals surface area (Å²) in [4.78, 5) is 40.0. The molecule has 3 atom stereocenters. The number of amides is 4. The number of nitrogens with one attached hydrogen (secondary N) is 2. The van der Waals surface area contributed by atoms with Crippen LogP contribution in [-0.2, 0) is 20.9 Å². The first-order valence-electron chi connectivity index (χ1n) is 10.1. The average Bonchev–Trinajstić information content (AvgIpc) is 2.93. The second-order valence-corrected chi connectivity index (χ2v) is 8.23. The number of carbonyl (C=O) groups excluding carboxylic acids is 3. The van der Waals surface area contributed by atoms with Crippen molar-refractivity contribution in [1.82, 2.24) is 15.1 Å². The van der Waals surface area contributed by atoms with Gasteiger partial charge < -0.3 is 15.4 Å². The van der Waals surface area contributed by atoms with Crippen LogP contribution < -0.4 is 10.6 Å². The quantitative estimate of drug-likeness (QED) is 0.708. The van der Waals surface area contributed by atoms with Crippen molar-refractivity contribution >= 4 is 23.5 Å². The van der Waals surface area contributed by atoms with Crippen molar-refractivity contribution in [2.24, 2.45) is 5.92 Å². The first-order chi connectivity index (χ1) is 13.7. The van der Waals surface area contributed by atoms with E-state index in [2.05, 4.69) is 15.5 Å². The molecule has 29 heavy (non-hydrogen) atoms. The van der Waals surface area contributed by atoms with Gasteiger partial charge in [-0.3, -0.25) is 19.4 Å². The molecular formula is C21H30N4O4. The summed E-state index contributed by atoms with van der Waals surface area (Å²) in [7, 11) is 0. The molecule has 2 fully saturated rings. The zero-order valence-electron chi connectivity index (χ0n) is 17.5. The van der Waals surface area contributed by atoms with Crippen LogP contribution in [0.4, 0.5) is 10.5 Å². The van der Waals surface area contributed by atoms with E-state index in [0.29, 0.717) is 18.8 Å². The van der Waals surface area contributed by atoms with Crippen LogP contribution >= 0.6 is 0 Å². The van der Waals surface area contributed by atoms with E-state index in [0.717, 1.165) is 5.56 Å². The highest BCUT2D eigenvalue weighted by Crippen LogP contribution is 2.21. The number of morpholine rings is 1. The molecule has 0 bridgehead atoms. The third-order valence-corrected chi connectivity index (χ3v) is 5.21. The van der Waals surface area contributed by atoms with Gasteiger partial charge in [-0.15, -0.1) is 0 Å². The number of urea groups is 1. The Kier molecular flexibility index (Phi) is 6.54. The molecule has 158 valence electrons. The topological polar surface area (TPSA) is 91.0 Å². The number of anilines is 1. The summed E-state index contributed by atoms with van der Waals surface area (Å²) in [6.07, 6.45) is 0.167. The number of carbonyl (C=O) groups is 3. The number of rotatable bonds is 6. The first-order valence-corrected chi connectivity index (χ1v) is 10.1. The van der Waals surface area contributed by atoms with Crippen LogP contribution in [-0.4, -0.2) is 65.5 Å². The van der Waals surface area contributed by atoms with E-state index in [-0.39, 0.29) is 55.1 Å². The minimum absolute atomic E-state index is 0.0295. The number of ether oxygens (including phenoxy) is 1. The van der Waals surface area contributed by atoms with Gasteiger partial charge in [-0.05, 0) is 37.5 Å². The third-order valence-electron chi connectivity index (χ3n) is 5.21. The number of nitrogens with zero attached hydrogens (tertiary/aromatic N) is 2. The van der Waals surface area contributed by atoms with Gasteiger partial charge in [0.2, 0.25) is 11.8 Å². The third kappa shape index (κ3) is 5.13. The molecule has 2 N–H and O–H groups in total. The van der Waals surface area contributed by atoms with Crippen molar-refractivity contribution in [2.75, 3.05) is 25.0 Å². The summed E-state index contributed by atoms with van der Waals surface area (Å²) >= 11 is 0. The van der Waals surface area contributed by atoms with Gasteiger partial charge in [-0.1, -0.05) is 26.0 Å². The number of imide groups is 1. The number of hydrogen-bond donors (Lipinski definition) is 2. The molecule has 2 aliphatic heterocycles. The highest BCUT2D eigenvalue weighted by Gasteiger charge is 2.34. The fourth-order valence-electron chi connectivity index (χ4n) is 4.10. The fourth-order valence-corrected chi connectivity index (χ4v) is 4.10. The number of benzene rings is 1. The Balaban J connectivity index is 1.70. The second-order valence-electron chi connectivity index (χ2n) is 8.23. The van der Waals surface area contributed by atoms with Crippen molar-refractivity contribution in [1.29, 1.82) is 0 Å². The van der Waals surface area contributed by atoms with Crippen LogP contribution in [0.15, 0.2) is 24.3 Å². The van der Waals surface area contributed by atoms with Gasteiger partial charge in [-0.2, -0.15) is 0 Å². The van der Waals surface area contributed by atoms with E-state index in [1.54, 1.807) is 6.07 Å². The van der Waals surface area contributed by atoms with Crippen LogP contribution in [0.25, 0.3) is 0 Å². The normalized spacial score (nSPS) is 24.0. The maximum absolute atomic E-state index is 13.1. The Labute approximate surface area is 171 Å². The summed E-state index contributed by atoms with van der Waals surface area (Å²) in [5, 5.41) is 5.52. The summed E-state index contributed by atoms with van der Waals surface area (Å²) in [5.74, 6) is -0.171. The van der Waals surface area contributed by atoms with Crippen molar-refractivity contribution in [2.45, 2.75) is 52.5 Å². The lowest BCUT2D eigenvalue weighted by atomic mass is 9.99. The standard InChI is InChI=1S/C21H30N4O4/c1-13(2)19(24-10-14(3)29-15(4)11-24)20(27)23-17-7-5-6-16(8-17)12-25-18(26)9-22-21(25)28/h5-8,13-15,19H,9-12H2,1-4H3,(H,22,28)(H,23,27). The smallest absolute Gasteiger partial charge is 0.324 e. The van der Waals surface area contributed by atoms with Crippen LogP contribution in [0.3, 0.4) is 0 Å². The molecule has 0 spiro atoms. The fraction of sp³-hybridized carbons (Fsp3) is 0.571. The molecule has 0 aromatic heterocycles. The predicted molar refractivity (Wildman–Crippen MR) is 109 cm³/mol. The Morgan fingerprint density at radius 1 is 1.24 bits per heavy atom. The largest absolute Gasteiger partial charge is 0.373 e. The van der Waals surface area contributed by atoms with Crippen molar-refractivity contribution < 1.29 is 19.1 Å². The maximum Gasteiger partial charge on any atom is 0.324 e. The van der Waals surface area contributed by atoms with E-state index in [1.165, 1.54) is 4.90 Å². The molecule has 1 aromatic rings. The van der Waals surface area contributed by atoms with Gasteiger partial charge in [0.15, 0.2) is 0 Å². The van der Waals surface area contributed by atoms with Crippen LogP contribution in [0.5, 0.6) is 0 Å². The van der Waals surface area contributed by atoms with Gasteiger partial charge in [0.25, 0.3) is 0 Å². The first kappa shape index (κ1) is 21.3. The minimum atomic E-state index is -0.389. The summed E-state index contributed by atoms with van der Waals surface area (Å²) in [6.45, 7) is 9.78. The van der Waals surface area contributed by atoms with E-state index in [1.807, 2.05) is 45.9 Å². The molecular weight excluding hydrogens is 372 g/mol. The molecule has 0 aliphatic carbocycles. The highest BCUT2D eigenvalue weighted by molar-refractivity contribution is 6.01. The van der Waals surface area contributed by atoms with Gasteiger partial charge >= 0.3 is 6.03 Å². The van der Waals surface area contributed by atoms with E-state index in [9.17, 15) is 14.4 Å². The van der Waals surface area contributed by atoms with Gasteiger partial charge in [0, 0.05) is 18.8 Å². The maximum atomic E-state index is 13.1. The van der Waals surface area contributed by atoms with Gasteiger partial charge in [0.1, 0.15) is 0 Å². The summed E-state index contributed by atoms with van der Waals surface area (Å²) in [5.41, 5.74) is 1.43. The van der Waals surface area contributed by atoms with Crippen LogP contribution in [0.2, 0.25) is 0 Å². The summed E-state index contributed by atoms with van der Waals surface area (Å²) in [6, 6.07) is 6.61. The SMILES string of the molecule is CC1CN(C(C(=O)Nc2cccc(CN3C(=O)CNC3=O)c2)C(C)C)CC(C)O1. The van der Waals surface area contributed by atoms with Crippen LogP contribution in [0.1, 0.15) is 33.3 Å². The highest BCUT2D eigenvalue weighted by atomic mass is 16.5. The predicted octanol–water partition coefficient (Wildman–Crippen LogP) is 1.81. The second kappa shape index (κ2) is 8.92. The van der Waals surface area contributed by atoms with E-state index < -0.39 is 0 Å². The Morgan fingerprint density at radius 3 is 2.52 bits per heavy atom. The molecule has 3 unspecified atom stereocenters. The minimum Gasteiger partial charge on any atom is -0.373 e. The van der Waals surface area contributed by atoms with Crippen molar-refractivity contribution in [3.63, 3.8) is 0 Å². The van der Waals surface area contributed by atoms with Gasteiger partial charge in [-0.25, -0.2) is 4.79 Å². The molecule has 0 saturated carbocycles. The molecule has 2 saturated heterocycles. The molecule has 2 aliphatic rings. The van der Waals surface area contributed by atoms with E-state index >= 15 is 0 Å². The molecule has 3 rings (SSSR count). The Bertz CT molecular complexity index is 756. The molecule has 8 heteroatoms. The number of hydrogen-bond acceptors (Lipinski definition) is 5. The van der Waals surface area contributed by atoms with Crippen molar-refractivity contribution in [3.8, 4) is 0 Å². The summed E-state index contributed by atoms with van der Waals surface area (Å²) < 4.78 is 5.80. The zero-order chi connectivity index (χ0) is 21.1. The van der Waals surface area contributed by atoms with E-state index in [4.69, 9.17) is 4.74 Å². The molecule has 2 heterocycles. The zero-order valence-corrected chi connectivity index (χ0v) is 17.5. The van der Waals surface area contributed by atoms with Crippen molar-refractivity contribution in [3.05, 3.63) is 29.8 Å². The lowest BCUT2D eigenvalue weighted by molar-refractivity contribution is -0.130. The molecule has 1 aromatic carbocycles. The molecule has 8 nitrogen and oxygen atoms in total. The Morgan fingerprint density at radius 2 is 1.93 bits per heavy atom. The van der Waals surface area contributed by atoms with Gasteiger partial charge in [0.05, 0.1) is 31.3 Å². The lowest BCUT2D eigenvalue weighted by Crippen LogP contribution is -2.55. The van der Waals surface area contributed by atoms with Crippen LogP contribution in [0, 0.1) is 5.92 Å². The monoisotopic (exact) mass is 402 g/mol. The Hall–Kier alpha value is -2.45.